The average Bonchev–Trinajstić information content (AvgIpc) is 3.29. The molecular weight excluding hydrogens is 390 g/mol. The van der Waals surface area contributed by atoms with Gasteiger partial charge in [0.2, 0.25) is 0 Å². The number of pyridine rings is 1. The van der Waals surface area contributed by atoms with E-state index in [1.807, 2.05) is 12.3 Å². The zero-order valence-electron chi connectivity index (χ0n) is 16.2. The molecule has 1 amide bonds. The van der Waals surface area contributed by atoms with Crippen molar-refractivity contribution < 1.29 is 13.9 Å². The average molecular weight is 411 g/mol. The number of aryl methyl sites for hydroxylation is 1. The van der Waals surface area contributed by atoms with E-state index in [4.69, 9.17) is 9.15 Å². The molecule has 1 aliphatic heterocycles. The number of hydrogen-bond donors (Lipinski definition) is 1. The van der Waals surface area contributed by atoms with Crippen molar-refractivity contribution in [3.8, 4) is 11.6 Å². The fourth-order valence-electron chi connectivity index (χ4n) is 3.12. The highest BCUT2D eigenvalue weighted by Crippen LogP contribution is 2.26. The number of morpholine rings is 1. The molecule has 0 radical (unpaired) electrons. The first-order valence-electron chi connectivity index (χ1n) is 9.22. The summed E-state index contributed by atoms with van der Waals surface area (Å²) >= 11 is 1.39. The van der Waals surface area contributed by atoms with Crippen molar-refractivity contribution in [2.24, 2.45) is 0 Å². The lowest BCUT2D eigenvalue weighted by atomic mass is 10.2. The lowest BCUT2D eigenvalue weighted by Crippen LogP contribution is -2.36. The zero-order chi connectivity index (χ0) is 20.2. The molecule has 8 nitrogen and oxygen atoms in total. The summed E-state index contributed by atoms with van der Waals surface area (Å²) in [7, 11) is 0. The van der Waals surface area contributed by atoms with Crippen LogP contribution < -0.4 is 10.2 Å². The molecule has 0 saturated carbocycles. The third-order valence-electron chi connectivity index (χ3n) is 4.58. The number of furan rings is 1. The molecule has 0 spiro atoms. The highest BCUT2D eigenvalue weighted by atomic mass is 32.2. The van der Waals surface area contributed by atoms with E-state index in [1.54, 1.807) is 37.6 Å². The third kappa shape index (κ3) is 4.25. The summed E-state index contributed by atoms with van der Waals surface area (Å²) in [5.74, 6) is 1.22. The largest absolute Gasteiger partial charge is 0.461 e. The van der Waals surface area contributed by atoms with E-state index < -0.39 is 0 Å². The van der Waals surface area contributed by atoms with E-state index in [9.17, 15) is 4.79 Å². The number of carbonyl (C=O) groups is 1. The first-order chi connectivity index (χ1) is 14.2. The summed E-state index contributed by atoms with van der Waals surface area (Å²) in [6.07, 6.45) is 5.21. The Morgan fingerprint density at radius 3 is 2.69 bits per heavy atom. The Balaban J connectivity index is 1.53. The predicted octanol–water partition coefficient (Wildman–Crippen LogP) is 3.25. The SMILES string of the molecule is CSc1nc(-c2ccco2)nc(C)c1C(=O)Nc1ccc(N2CCOCC2)cn1. The Kier molecular flexibility index (Phi) is 5.77. The van der Waals surface area contributed by atoms with Crippen LogP contribution in [0.25, 0.3) is 11.6 Å². The monoisotopic (exact) mass is 411 g/mol. The minimum Gasteiger partial charge on any atom is -0.461 e. The molecule has 9 heteroatoms. The smallest absolute Gasteiger partial charge is 0.261 e. The Morgan fingerprint density at radius 2 is 2.03 bits per heavy atom. The van der Waals surface area contributed by atoms with Crippen LogP contribution in [0, 0.1) is 6.92 Å². The van der Waals surface area contributed by atoms with Crippen LogP contribution in [0.4, 0.5) is 11.5 Å². The molecule has 0 unspecified atom stereocenters. The van der Waals surface area contributed by atoms with Gasteiger partial charge in [0.25, 0.3) is 5.91 Å². The second-order valence-electron chi connectivity index (χ2n) is 6.45. The summed E-state index contributed by atoms with van der Waals surface area (Å²) in [4.78, 5) is 28.4. The summed E-state index contributed by atoms with van der Waals surface area (Å²) in [6, 6.07) is 7.32. The minimum absolute atomic E-state index is 0.288. The van der Waals surface area contributed by atoms with Gasteiger partial charge in [-0.05, 0) is 37.4 Å². The van der Waals surface area contributed by atoms with Gasteiger partial charge in [-0.2, -0.15) is 0 Å². The standard InChI is InChI=1S/C20H21N5O3S/c1-13-17(20(29-2)24-18(22-13)15-4-3-9-28-15)19(26)23-16-6-5-14(12-21-16)25-7-10-27-11-8-25/h3-6,9,12H,7-8,10-11H2,1-2H3,(H,21,23,26). The van der Waals surface area contributed by atoms with Crippen molar-refractivity contribution in [2.75, 3.05) is 42.8 Å². The van der Waals surface area contributed by atoms with Crippen LogP contribution in [-0.2, 0) is 4.74 Å². The molecular formula is C20H21N5O3S. The summed E-state index contributed by atoms with van der Waals surface area (Å²) < 4.78 is 10.7. The molecule has 1 aliphatic rings. The number of aromatic nitrogens is 3. The number of amides is 1. The second-order valence-corrected chi connectivity index (χ2v) is 7.24. The van der Waals surface area contributed by atoms with E-state index in [0.29, 0.717) is 46.9 Å². The van der Waals surface area contributed by atoms with Crippen LogP contribution in [0.5, 0.6) is 0 Å². The quantitative estimate of drug-likeness (QED) is 0.505. The maximum absolute atomic E-state index is 12.9. The molecule has 29 heavy (non-hydrogen) atoms. The van der Waals surface area contributed by atoms with Gasteiger partial charge in [0.05, 0.1) is 42.6 Å². The number of carbonyl (C=O) groups excluding carboxylic acids is 1. The highest BCUT2D eigenvalue weighted by Gasteiger charge is 2.20. The van der Waals surface area contributed by atoms with E-state index in [2.05, 4.69) is 25.2 Å². The third-order valence-corrected chi connectivity index (χ3v) is 5.27. The van der Waals surface area contributed by atoms with Crippen molar-refractivity contribution in [3.63, 3.8) is 0 Å². The van der Waals surface area contributed by atoms with Gasteiger partial charge >= 0.3 is 0 Å². The number of anilines is 2. The summed E-state index contributed by atoms with van der Waals surface area (Å²) in [6.45, 7) is 4.89. The minimum atomic E-state index is -0.288. The fourth-order valence-corrected chi connectivity index (χ4v) is 3.74. The highest BCUT2D eigenvalue weighted by molar-refractivity contribution is 7.98. The second kappa shape index (κ2) is 8.62. The Labute approximate surface area is 172 Å². The van der Waals surface area contributed by atoms with Crippen LogP contribution in [0.2, 0.25) is 0 Å². The number of rotatable bonds is 5. The van der Waals surface area contributed by atoms with Gasteiger partial charge in [0, 0.05) is 13.1 Å². The molecule has 3 aromatic heterocycles. The van der Waals surface area contributed by atoms with E-state index in [-0.39, 0.29) is 5.91 Å². The van der Waals surface area contributed by atoms with Crippen LogP contribution in [0.1, 0.15) is 16.1 Å². The van der Waals surface area contributed by atoms with Crippen molar-refractivity contribution in [1.29, 1.82) is 0 Å². The van der Waals surface area contributed by atoms with Gasteiger partial charge in [-0.3, -0.25) is 4.79 Å². The van der Waals surface area contributed by atoms with Crippen molar-refractivity contribution >= 4 is 29.2 Å². The maximum Gasteiger partial charge on any atom is 0.261 e. The maximum atomic E-state index is 12.9. The number of nitrogens with one attached hydrogen (secondary N) is 1. The fraction of sp³-hybridized carbons (Fsp3) is 0.300. The molecule has 150 valence electrons. The molecule has 1 fully saturated rings. The van der Waals surface area contributed by atoms with Gasteiger partial charge in [-0.15, -0.1) is 11.8 Å². The van der Waals surface area contributed by atoms with Gasteiger partial charge < -0.3 is 19.4 Å². The Hall–Kier alpha value is -2.91. The summed E-state index contributed by atoms with van der Waals surface area (Å²) in [5.41, 5.74) is 2.03. The van der Waals surface area contributed by atoms with Crippen molar-refractivity contribution in [1.82, 2.24) is 15.0 Å². The number of hydrogen-bond acceptors (Lipinski definition) is 8. The van der Waals surface area contributed by atoms with Crippen LogP contribution >= 0.6 is 11.8 Å². The molecule has 0 atom stereocenters. The van der Waals surface area contributed by atoms with Crippen LogP contribution in [0.15, 0.2) is 46.2 Å². The first kappa shape index (κ1) is 19.4. The van der Waals surface area contributed by atoms with Crippen LogP contribution in [-0.4, -0.2) is 53.4 Å². The molecule has 4 rings (SSSR count). The molecule has 0 aliphatic carbocycles. The Morgan fingerprint density at radius 1 is 1.21 bits per heavy atom. The van der Waals surface area contributed by atoms with Crippen LogP contribution in [0.3, 0.4) is 0 Å². The molecule has 4 heterocycles. The van der Waals surface area contributed by atoms with Gasteiger partial charge in [0.1, 0.15) is 10.8 Å². The topological polar surface area (TPSA) is 93.4 Å². The number of thioether (sulfide) groups is 1. The van der Waals surface area contributed by atoms with E-state index in [1.165, 1.54) is 11.8 Å². The van der Waals surface area contributed by atoms with Crippen molar-refractivity contribution in [3.05, 3.63) is 48.0 Å². The van der Waals surface area contributed by atoms with Crippen molar-refractivity contribution in [2.45, 2.75) is 11.9 Å². The normalized spacial score (nSPS) is 14.1. The molecule has 3 aromatic rings. The Bertz CT molecular complexity index is 986. The number of ether oxygens (including phenoxy) is 1. The molecule has 1 saturated heterocycles. The predicted molar refractivity (Wildman–Crippen MR) is 111 cm³/mol. The van der Waals surface area contributed by atoms with E-state index >= 15 is 0 Å². The number of nitrogens with zero attached hydrogens (tertiary/aromatic N) is 4. The first-order valence-corrected chi connectivity index (χ1v) is 10.4. The summed E-state index contributed by atoms with van der Waals surface area (Å²) in [5, 5.41) is 3.44. The zero-order valence-corrected chi connectivity index (χ0v) is 17.0. The van der Waals surface area contributed by atoms with Gasteiger partial charge in [-0.25, -0.2) is 15.0 Å². The van der Waals surface area contributed by atoms with Gasteiger partial charge in [0.15, 0.2) is 11.6 Å². The van der Waals surface area contributed by atoms with E-state index in [0.717, 1.165) is 18.8 Å². The lowest BCUT2D eigenvalue weighted by Gasteiger charge is -2.28. The lowest BCUT2D eigenvalue weighted by molar-refractivity contribution is 0.102. The molecule has 1 N–H and O–H groups in total. The molecule has 0 bridgehead atoms. The van der Waals surface area contributed by atoms with Gasteiger partial charge in [-0.1, -0.05) is 0 Å². The molecule has 0 aromatic carbocycles.